The molecule has 1 atom stereocenters. The number of halogens is 1. The van der Waals surface area contributed by atoms with Crippen LogP contribution in [0.5, 0.6) is 0 Å². The van der Waals surface area contributed by atoms with Crippen LogP contribution in [0.4, 0.5) is 0 Å². The standard InChI is InChI=1S/C12H16BrOS/c1-15(10-12(13)14)9-5-8-11-6-3-2-4-7-11/h2-4,6-7H,5,8-10H2,1H3/q+1. The van der Waals surface area contributed by atoms with Gasteiger partial charge in [0.2, 0.25) is 4.69 Å². The van der Waals surface area contributed by atoms with Gasteiger partial charge in [0.1, 0.15) is 5.75 Å². The molecule has 0 heterocycles. The first-order chi connectivity index (χ1) is 7.18. The molecule has 0 aliphatic carbocycles. The highest BCUT2D eigenvalue weighted by atomic mass is 79.9. The van der Waals surface area contributed by atoms with Gasteiger partial charge in [0.05, 0.1) is 6.26 Å². The molecule has 0 aliphatic heterocycles. The normalized spacial score (nSPS) is 12.4. The van der Waals surface area contributed by atoms with Gasteiger partial charge in [-0.1, -0.05) is 30.3 Å². The summed E-state index contributed by atoms with van der Waals surface area (Å²) in [5.41, 5.74) is 1.39. The van der Waals surface area contributed by atoms with Gasteiger partial charge in [-0.2, -0.15) is 0 Å². The Morgan fingerprint density at radius 3 is 2.60 bits per heavy atom. The summed E-state index contributed by atoms with van der Waals surface area (Å²) in [6.45, 7) is 0. The van der Waals surface area contributed by atoms with Gasteiger partial charge in [-0.15, -0.1) is 0 Å². The number of carbonyl (C=O) groups excluding carboxylic acids is 1. The van der Waals surface area contributed by atoms with E-state index < -0.39 is 0 Å². The van der Waals surface area contributed by atoms with Crippen LogP contribution in [0.1, 0.15) is 12.0 Å². The van der Waals surface area contributed by atoms with Gasteiger partial charge in [-0.3, -0.25) is 4.79 Å². The van der Waals surface area contributed by atoms with Crippen LogP contribution in [0.15, 0.2) is 30.3 Å². The maximum absolute atomic E-state index is 10.8. The van der Waals surface area contributed by atoms with Crippen LogP contribution < -0.4 is 0 Å². The van der Waals surface area contributed by atoms with E-state index in [-0.39, 0.29) is 15.6 Å². The van der Waals surface area contributed by atoms with Crippen LogP contribution >= 0.6 is 15.9 Å². The molecule has 1 rings (SSSR count). The third-order valence-electron chi connectivity index (χ3n) is 2.16. The van der Waals surface area contributed by atoms with Crippen LogP contribution in [0, 0.1) is 0 Å². The summed E-state index contributed by atoms with van der Waals surface area (Å²) in [6.07, 6.45) is 4.45. The van der Waals surface area contributed by atoms with Crippen molar-refractivity contribution in [1.29, 1.82) is 0 Å². The van der Waals surface area contributed by atoms with E-state index in [2.05, 4.69) is 46.5 Å². The van der Waals surface area contributed by atoms with Crippen molar-refractivity contribution in [3.8, 4) is 0 Å². The molecule has 0 amide bonds. The van der Waals surface area contributed by atoms with Gasteiger partial charge >= 0.3 is 0 Å². The lowest BCUT2D eigenvalue weighted by Gasteiger charge is -2.01. The maximum atomic E-state index is 10.8. The molecule has 3 heteroatoms. The summed E-state index contributed by atoms with van der Waals surface area (Å²) >= 11 is 2.98. The number of hydrogen-bond acceptors (Lipinski definition) is 1. The number of rotatable bonds is 6. The molecule has 0 spiro atoms. The second kappa shape index (κ2) is 7.07. The van der Waals surface area contributed by atoms with Crippen molar-refractivity contribution >= 4 is 31.5 Å². The molecular formula is C12H16BrOS+. The van der Waals surface area contributed by atoms with Crippen molar-refractivity contribution in [1.82, 2.24) is 0 Å². The molecule has 0 N–H and O–H groups in total. The number of carbonyl (C=O) groups is 1. The summed E-state index contributed by atoms with van der Waals surface area (Å²) in [5.74, 6) is 1.82. The number of hydrogen-bond donors (Lipinski definition) is 0. The van der Waals surface area contributed by atoms with Crippen LogP contribution in [0.2, 0.25) is 0 Å². The van der Waals surface area contributed by atoms with Crippen molar-refractivity contribution in [2.75, 3.05) is 17.8 Å². The Morgan fingerprint density at radius 2 is 2.00 bits per heavy atom. The largest absolute Gasteiger partial charge is 0.281 e. The van der Waals surface area contributed by atoms with Crippen molar-refractivity contribution in [3.63, 3.8) is 0 Å². The Labute approximate surface area is 103 Å². The lowest BCUT2D eigenvalue weighted by molar-refractivity contribution is -0.108. The Bertz CT molecular complexity index is 300. The molecule has 15 heavy (non-hydrogen) atoms. The second-order valence-corrected chi connectivity index (χ2v) is 6.72. The summed E-state index contributed by atoms with van der Waals surface area (Å²) in [5, 5.41) is 0. The van der Waals surface area contributed by atoms with Gasteiger partial charge in [0.25, 0.3) is 0 Å². The monoisotopic (exact) mass is 287 g/mol. The molecule has 1 unspecified atom stereocenters. The number of benzene rings is 1. The van der Waals surface area contributed by atoms with E-state index in [4.69, 9.17) is 0 Å². The predicted octanol–water partition coefficient (Wildman–Crippen LogP) is 2.79. The molecule has 1 nitrogen and oxygen atoms in total. The minimum Gasteiger partial charge on any atom is -0.281 e. The summed E-state index contributed by atoms with van der Waals surface area (Å²) in [6, 6.07) is 10.5. The van der Waals surface area contributed by atoms with E-state index in [9.17, 15) is 4.79 Å². The van der Waals surface area contributed by atoms with E-state index in [0.29, 0.717) is 5.75 Å². The lowest BCUT2D eigenvalue weighted by Crippen LogP contribution is -2.14. The van der Waals surface area contributed by atoms with Crippen molar-refractivity contribution in [2.24, 2.45) is 0 Å². The predicted molar refractivity (Wildman–Crippen MR) is 71.7 cm³/mol. The topological polar surface area (TPSA) is 17.1 Å². The Kier molecular flexibility index (Phi) is 6.03. The molecule has 0 radical (unpaired) electrons. The third-order valence-corrected chi connectivity index (χ3v) is 4.55. The molecule has 1 aromatic carbocycles. The van der Waals surface area contributed by atoms with E-state index >= 15 is 0 Å². The smallest absolute Gasteiger partial charge is 0.246 e. The zero-order chi connectivity index (χ0) is 11.1. The van der Waals surface area contributed by atoms with Crippen LogP contribution in [0.3, 0.4) is 0 Å². The molecule has 1 aromatic rings. The SMILES string of the molecule is C[S+](CCCc1ccccc1)CC(=O)Br. The highest BCUT2D eigenvalue weighted by Gasteiger charge is 2.14. The first-order valence-electron chi connectivity index (χ1n) is 5.00. The first-order valence-corrected chi connectivity index (χ1v) is 7.76. The highest BCUT2D eigenvalue weighted by Crippen LogP contribution is 2.05. The first kappa shape index (κ1) is 12.8. The number of aryl methyl sites for hydroxylation is 1. The third kappa shape index (κ3) is 6.00. The summed E-state index contributed by atoms with van der Waals surface area (Å²) in [4.78, 5) is 10.8. The average molecular weight is 288 g/mol. The molecule has 0 saturated heterocycles. The Balaban J connectivity index is 2.19. The lowest BCUT2D eigenvalue weighted by atomic mass is 10.1. The van der Waals surface area contributed by atoms with Gasteiger partial charge in [0.15, 0.2) is 5.75 Å². The second-order valence-electron chi connectivity index (χ2n) is 3.57. The molecule has 0 saturated carbocycles. The Morgan fingerprint density at radius 1 is 1.33 bits per heavy atom. The van der Waals surface area contributed by atoms with E-state index in [0.717, 1.165) is 12.2 Å². The molecule has 0 fully saturated rings. The zero-order valence-corrected chi connectivity index (χ0v) is 11.3. The van der Waals surface area contributed by atoms with Crippen molar-refractivity contribution in [2.45, 2.75) is 12.8 Å². The van der Waals surface area contributed by atoms with Crippen LogP contribution in [-0.2, 0) is 22.1 Å². The minimum absolute atomic E-state index is 0.132. The Hall–Kier alpha value is -0.280. The summed E-state index contributed by atoms with van der Waals surface area (Å²) in [7, 11) is 0.230. The highest BCUT2D eigenvalue weighted by molar-refractivity contribution is 9.18. The van der Waals surface area contributed by atoms with Crippen LogP contribution in [-0.4, -0.2) is 22.5 Å². The zero-order valence-electron chi connectivity index (χ0n) is 8.91. The maximum Gasteiger partial charge on any atom is 0.246 e. The van der Waals surface area contributed by atoms with E-state index in [1.54, 1.807) is 0 Å². The fourth-order valence-corrected chi connectivity index (χ4v) is 3.77. The average Bonchev–Trinajstić information content (AvgIpc) is 2.18. The molecular weight excluding hydrogens is 272 g/mol. The molecule has 82 valence electrons. The summed E-state index contributed by atoms with van der Waals surface area (Å²) < 4.78 is 0.132. The van der Waals surface area contributed by atoms with Crippen molar-refractivity contribution in [3.05, 3.63) is 35.9 Å². The van der Waals surface area contributed by atoms with Gasteiger partial charge in [0, 0.05) is 0 Å². The van der Waals surface area contributed by atoms with Gasteiger partial charge in [-0.25, -0.2) is 0 Å². The van der Waals surface area contributed by atoms with E-state index in [1.807, 2.05) is 6.07 Å². The fraction of sp³-hybridized carbons (Fsp3) is 0.417. The van der Waals surface area contributed by atoms with Gasteiger partial charge in [-0.05, 0) is 45.2 Å². The van der Waals surface area contributed by atoms with Gasteiger partial charge < -0.3 is 0 Å². The van der Waals surface area contributed by atoms with E-state index in [1.165, 1.54) is 12.0 Å². The van der Waals surface area contributed by atoms with Crippen molar-refractivity contribution < 1.29 is 4.79 Å². The molecule has 0 bridgehead atoms. The fourth-order valence-electron chi connectivity index (χ4n) is 1.43. The minimum atomic E-state index is 0.132. The molecule has 0 aromatic heterocycles. The molecule has 0 aliphatic rings. The quantitative estimate of drug-likeness (QED) is 0.581. The van der Waals surface area contributed by atoms with Crippen LogP contribution in [0.25, 0.3) is 0 Å².